The molecule has 1 aromatic rings. The molecule has 1 aliphatic rings. The van der Waals surface area contributed by atoms with E-state index in [2.05, 4.69) is 30.3 Å². The summed E-state index contributed by atoms with van der Waals surface area (Å²) in [4.78, 5) is 17.3. The molecule has 0 radical (unpaired) electrons. The van der Waals surface area contributed by atoms with Crippen LogP contribution in [0.2, 0.25) is 0 Å². The number of hydrogen-bond acceptors (Lipinski definition) is 2. The molecular weight excluding hydrogens is 230 g/mol. The van der Waals surface area contributed by atoms with Crippen molar-refractivity contribution in [2.45, 2.75) is 52.1 Å². The number of fused-ring (bicyclic) bond motifs is 1. The number of carbonyl (C=O) groups is 1. The second-order valence-electron chi connectivity index (χ2n) is 6.10. The van der Waals surface area contributed by atoms with Crippen LogP contribution in [-0.2, 0) is 25.4 Å². The van der Waals surface area contributed by atoms with E-state index in [-0.39, 0.29) is 11.5 Å². The Morgan fingerprint density at radius 2 is 2.06 bits per heavy atom. The molecule has 1 aromatic heterocycles. The van der Waals surface area contributed by atoms with Gasteiger partial charge in [0.05, 0.1) is 12.2 Å². The molecule has 100 valence electrons. The van der Waals surface area contributed by atoms with Gasteiger partial charge in [-0.2, -0.15) is 0 Å². The third-order valence-electron chi connectivity index (χ3n) is 3.55. The molecule has 0 aliphatic carbocycles. The fraction of sp³-hybridized carbons (Fsp3) is 0.692. The van der Waals surface area contributed by atoms with E-state index in [9.17, 15) is 4.79 Å². The summed E-state index contributed by atoms with van der Waals surface area (Å²) in [6, 6.07) is 0.0122. The van der Waals surface area contributed by atoms with Crippen LogP contribution in [0.5, 0.6) is 0 Å². The molecule has 0 spiro atoms. The largest absolute Gasteiger partial charge is 0.465 e. The van der Waals surface area contributed by atoms with Crippen molar-refractivity contribution in [2.75, 3.05) is 0 Å². The molecule has 2 heterocycles. The summed E-state index contributed by atoms with van der Waals surface area (Å²) < 4.78 is 2.13. The minimum Gasteiger partial charge on any atom is -0.465 e. The zero-order valence-electron chi connectivity index (χ0n) is 11.7. The lowest BCUT2D eigenvalue weighted by Gasteiger charge is -2.30. The molecule has 5 nitrogen and oxygen atoms in total. The van der Waals surface area contributed by atoms with Crippen LogP contribution in [0.3, 0.4) is 0 Å². The molecule has 1 N–H and O–H groups in total. The van der Waals surface area contributed by atoms with Crippen molar-refractivity contribution >= 4 is 6.09 Å². The van der Waals surface area contributed by atoms with Crippen LogP contribution in [0, 0.1) is 0 Å². The number of aromatic nitrogens is 2. The van der Waals surface area contributed by atoms with E-state index in [0.29, 0.717) is 6.54 Å². The third kappa shape index (κ3) is 1.98. The summed E-state index contributed by atoms with van der Waals surface area (Å²) >= 11 is 0. The number of rotatable bonds is 0. The molecule has 1 unspecified atom stereocenters. The Bertz CT molecular complexity index is 485. The smallest absolute Gasteiger partial charge is 0.407 e. The molecule has 5 heteroatoms. The molecule has 0 aromatic carbocycles. The van der Waals surface area contributed by atoms with E-state index < -0.39 is 6.09 Å². The fourth-order valence-electron chi connectivity index (χ4n) is 2.60. The number of imidazole rings is 1. The van der Waals surface area contributed by atoms with Gasteiger partial charge < -0.3 is 9.67 Å². The van der Waals surface area contributed by atoms with Crippen molar-refractivity contribution in [1.29, 1.82) is 0 Å². The van der Waals surface area contributed by atoms with Gasteiger partial charge in [0.2, 0.25) is 0 Å². The maximum Gasteiger partial charge on any atom is 0.407 e. The van der Waals surface area contributed by atoms with Crippen LogP contribution in [0.1, 0.15) is 44.9 Å². The average molecular weight is 251 g/mol. The summed E-state index contributed by atoms with van der Waals surface area (Å²) in [5.74, 6) is 1.02. The minimum absolute atomic E-state index is 0.0122. The Kier molecular flexibility index (Phi) is 2.87. The van der Waals surface area contributed by atoms with Crippen molar-refractivity contribution in [3.63, 3.8) is 0 Å². The van der Waals surface area contributed by atoms with Crippen LogP contribution < -0.4 is 0 Å². The lowest BCUT2D eigenvalue weighted by molar-refractivity contribution is 0.118. The first-order valence-electron chi connectivity index (χ1n) is 6.26. The van der Waals surface area contributed by atoms with Crippen LogP contribution in [0.4, 0.5) is 4.79 Å². The van der Waals surface area contributed by atoms with Crippen LogP contribution in [0.25, 0.3) is 0 Å². The number of hydrogen-bond donors (Lipinski definition) is 1. The van der Waals surface area contributed by atoms with Gasteiger partial charge in [-0.05, 0) is 6.92 Å². The highest BCUT2D eigenvalue weighted by Gasteiger charge is 2.32. The molecule has 18 heavy (non-hydrogen) atoms. The highest BCUT2D eigenvalue weighted by molar-refractivity contribution is 5.66. The van der Waals surface area contributed by atoms with Gasteiger partial charge in [0.15, 0.2) is 0 Å². The maximum absolute atomic E-state index is 11.2. The van der Waals surface area contributed by atoms with E-state index in [1.165, 1.54) is 10.6 Å². The first-order chi connectivity index (χ1) is 8.21. The Morgan fingerprint density at radius 3 is 2.56 bits per heavy atom. The molecule has 1 atom stereocenters. The summed E-state index contributed by atoms with van der Waals surface area (Å²) in [5, 5.41) is 9.16. The Balaban J connectivity index is 2.43. The van der Waals surface area contributed by atoms with Gasteiger partial charge in [-0.15, -0.1) is 0 Å². The van der Waals surface area contributed by atoms with E-state index in [4.69, 9.17) is 5.11 Å². The quantitative estimate of drug-likeness (QED) is 0.768. The number of amides is 1. The summed E-state index contributed by atoms with van der Waals surface area (Å²) in [5.41, 5.74) is 2.05. The molecule has 2 rings (SSSR count). The monoisotopic (exact) mass is 251 g/mol. The lowest BCUT2D eigenvalue weighted by atomic mass is 9.96. The standard InChI is InChI=1S/C13H21N3O2/c1-8-6-10-9(7-16(8)12(17)18)14-11(15(10)5)13(2,3)4/h8H,6-7H2,1-5H3,(H,17,18). The predicted molar refractivity (Wildman–Crippen MR) is 68.6 cm³/mol. The van der Waals surface area contributed by atoms with Crippen molar-refractivity contribution in [2.24, 2.45) is 7.05 Å². The molecule has 1 aliphatic heterocycles. The van der Waals surface area contributed by atoms with E-state index in [0.717, 1.165) is 17.9 Å². The van der Waals surface area contributed by atoms with Gasteiger partial charge in [-0.3, -0.25) is 4.90 Å². The highest BCUT2D eigenvalue weighted by atomic mass is 16.4. The van der Waals surface area contributed by atoms with Gasteiger partial charge in [-0.1, -0.05) is 20.8 Å². The molecule has 0 saturated heterocycles. The Morgan fingerprint density at radius 1 is 1.44 bits per heavy atom. The SMILES string of the molecule is CC1Cc2c(nc(C(C)(C)C)n2C)CN1C(=O)O. The molecule has 1 amide bonds. The first kappa shape index (κ1) is 12.9. The van der Waals surface area contributed by atoms with Gasteiger partial charge in [0.25, 0.3) is 0 Å². The van der Waals surface area contributed by atoms with Gasteiger partial charge >= 0.3 is 6.09 Å². The minimum atomic E-state index is -0.865. The molecule has 0 saturated carbocycles. The van der Waals surface area contributed by atoms with Gasteiger partial charge in [-0.25, -0.2) is 9.78 Å². The van der Waals surface area contributed by atoms with Gasteiger partial charge in [0.1, 0.15) is 5.82 Å². The van der Waals surface area contributed by atoms with Crippen molar-refractivity contribution < 1.29 is 9.90 Å². The van der Waals surface area contributed by atoms with E-state index >= 15 is 0 Å². The third-order valence-corrected chi connectivity index (χ3v) is 3.55. The summed E-state index contributed by atoms with van der Waals surface area (Å²) in [6.45, 7) is 8.72. The molecule has 0 fully saturated rings. The summed E-state index contributed by atoms with van der Waals surface area (Å²) in [7, 11) is 2.02. The molecule has 0 bridgehead atoms. The predicted octanol–water partition coefficient (Wildman–Crippen LogP) is 2.14. The van der Waals surface area contributed by atoms with E-state index in [1.54, 1.807) is 0 Å². The fourth-order valence-corrected chi connectivity index (χ4v) is 2.60. The Labute approximate surface area is 107 Å². The number of nitrogens with zero attached hydrogens (tertiary/aromatic N) is 3. The molecular formula is C13H21N3O2. The van der Waals surface area contributed by atoms with Crippen molar-refractivity contribution in [1.82, 2.24) is 14.5 Å². The normalized spacial score (nSPS) is 19.8. The van der Waals surface area contributed by atoms with Crippen LogP contribution in [-0.4, -0.2) is 31.7 Å². The van der Waals surface area contributed by atoms with E-state index in [1.807, 2.05) is 14.0 Å². The zero-order valence-corrected chi connectivity index (χ0v) is 11.7. The topological polar surface area (TPSA) is 58.4 Å². The second-order valence-corrected chi connectivity index (χ2v) is 6.10. The second kappa shape index (κ2) is 4.00. The summed E-state index contributed by atoms with van der Waals surface area (Å²) in [6.07, 6.45) is -0.127. The van der Waals surface area contributed by atoms with Gasteiger partial charge in [0, 0.05) is 30.6 Å². The zero-order chi connectivity index (χ0) is 13.7. The highest BCUT2D eigenvalue weighted by Crippen LogP contribution is 2.28. The number of carboxylic acid groups (broad SMARTS) is 1. The lowest BCUT2D eigenvalue weighted by Crippen LogP contribution is -2.42. The Hall–Kier alpha value is -1.52. The first-order valence-corrected chi connectivity index (χ1v) is 6.26. The maximum atomic E-state index is 11.2. The van der Waals surface area contributed by atoms with Crippen LogP contribution >= 0.6 is 0 Å². The van der Waals surface area contributed by atoms with Crippen LogP contribution in [0.15, 0.2) is 0 Å². The average Bonchev–Trinajstić information content (AvgIpc) is 2.54. The van der Waals surface area contributed by atoms with Crippen molar-refractivity contribution in [3.05, 3.63) is 17.2 Å². The van der Waals surface area contributed by atoms with Crippen molar-refractivity contribution in [3.8, 4) is 0 Å².